The lowest BCUT2D eigenvalue weighted by molar-refractivity contribution is 0.00867. The van der Waals surface area contributed by atoms with Gasteiger partial charge in [0.2, 0.25) is 0 Å². The molecule has 5 nitrogen and oxygen atoms in total. The molecule has 2 N–H and O–H groups in total. The average molecular weight is 377 g/mol. The molecule has 1 saturated heterocycles. The summed E-state index contributed by atoms with van der Waals surface area (Å²) in [7, 11) is 0. The number of rotatable bonds is 7. The number of nitrogens with zero attached hydrogens (tertiary/aromatic N) is 2. The van der Waals surface area contributed by atoms with Crippen LogP contribution in [0, 0.1) is 11.7 Å². The molecule has 3 unspecified atom stereocenters. The highest BCUT2D eigenvalue weighted by Crippen LogP contribution is 2.41. The van der Waals surface area contributed by atoms with E-state index in [1.54, 1.807) is 12.1 Å². The molecule has 150 valence electrons. The monoisotopic (exact) mass is 376 g/mol. The van der Waals surface area contributed by atoms with Crippen LogP contribution in [0.1, 0.15) is 38.7 Å². The molecular formula is C21H33FN4O. The Hall–Kier alpha value is -1.66. The smallest absolute Gasteiger partial charge is 0.191 e. The summed E-state index contributed by atoms with van der Waals surface area (Å²) in [6.45, 7) is 11.7. The second kappa shape index (κ2) is 9.51. The number of hydrogen-bond donors (Lipinski definition) is 2. The maximum absolute atomic E-state index is 14.0. The van der Waals surface area contributed by atoms with Gasteiger partial charge in [-0.2, -0.15) is 0 Å². The van der Waals surface area contributed by atoms with Crippen LogP contribution in [0.4, 0.5) is 4.39 Å². The lowest BCUT2D eigenvalue weighted by Crippen LogP contribution is -2.48. The standard InChI is InChI=1S/C21H33FN4O/c1-4-23-21(24-14-20(15(2)3)26-9-11-27-12-10-26)25-19-13-17(19)16-7-5-6-8-18(16)22/h5-8,15,17,19-20H,4,9-14H2,1-3H3,(H2,23,24,25). The Labute approximate surface area is 162 Å². The van der Waals surface area contributed by atoms with Gasteiger partial charge in [0, 0.05) is 37.6 Å². The molecule has 1 aliphatic heterocycles. The van der Waals surface area contributed by atoms with Crippen molar-refractivity contribution in [2.24, 2.45) is 10.9 Å². The molecule has 3 rings (SSSR count). The van der Waals surface area contributed by atoms with E-state index in [2.05, 4.69) is 36.3 Å². The van der Waals surface area contributed by atoms with Gasteiger partial charge in [0.25, 0.3) is 0 Å². The second-order valence-electron chi connectivity index (χ2n) is 7.79. The third-order valence-electron chi connectivity index (χ3n) is 5.48. The quantitative estimate of drug-likeness (QED) is 0.567. The molecule has 0 spiro atoms. The fourth-order valence-corrected chi connectivity index (χ4v) is 3.81. The first-order valence-electron chi connectivity index (χ1n) is 10.2. The molecular weight excluding hydrogens is 343 g/mol. The third-order valence-corrected chi connectivity index (χ3v) is 5.48. The number of halogens is 1. The molecule has 0 aromatic heterocycles. The van der Waals surface area contributed by atoms with Crippen molar-refractivity contribution in [3.05, 3.63) is 35.6 Å². The number of hydrogen-bond acceptors (Lipinski definition) is 3. The summed E-state index contributed by atoms with van der Waals surface area (Å²) >= 11 is 0. The van der Waals surface area contributed by atoms with Crippen LogP contribution in [-0.4, -0.2) is 62.3 Å². The van der Waals surface area contributed by atoms with Gasteiger partial charge in [0.15, 0.2) is 5.96 Å². The summed E-state index contributed by atoms with van der Waals surface area (Å²) < 4.78 is 19.5. The molecule has 0 bridgehead atoms. The molecule has 27 heavy (non-hydrogen) atoms. The van der Waals surface area contributed by atoms with Gasteiger partial charge in [0.05, 0.1) is 19.8 Å². The number of guanidine groups is 1. The highest BCUT2D eigenvalue weighted by molar-refractivity contribution is 5.80. The topological polar surface area (TPSA) is 48.9 Å². The summed E-state index contributed by atoms with van der Waals surface area (Å²) in [6, 6.07) is 7.74. The first kappa shape index (κ1) is 20.1. The molecule has 0 amide bonds. The number of nitrogens with one attached hydrogen (secondary N) is 2. The number of morpholine rings is 1. The highest BCUT2D eigenvalue weighted by atomic mass is 19.1. The van der Waals surface area contributed by atoms with Crippen molar-refractivity contribution in [1.29, 1.82) is 0 Å². The van der Waals surface area contributed by atoms with Gasteiger partial charge in [-0.25, -0.2) is 4.39 Å². The predicted octanol–water partition coefficient (Wildman–Crippen LogP) is 2.59. The summed E-state index contributed by atoms with van der Waals surface area (Å²) in [4.78, 5) is 7.35. The first-order chi connectivity index (χ1) is 13.1. The van der Waals surface area contributed by atoms with Crippen LogP contribution in [0.2, 0.25) is 0 Å². The van der Waals surface area contributed by atoms with E-state index in [1.807, 2.05) is 12.1 Å². The summed E-state index contributed by atoms with van der Waals surface area (Å²) in [5.74, 6) is 1.48. The zero-order valence-corrected chi connectivity index (χ0v) is 16.7. The third kappa shape index (κ3) is 5.42. The van der Waals surface area contributed by atoms with E-state index in [4.69, 9.17) is 9.73 Å². The Bertz CT molecular complexity index is 630. The molecule has 2 fully saturated rings. The minimum atomic E-state index is -0.110. The highest BCUT2D eigenvalue weighted by Gasteiger charge is 2.40. The van der Waals surface area contributed by atoms with Gasteiger partial charge in [-0.1, -0.05) is 32.0 Å². The van der Waals surface area contributed by atoms with Crippen molar-refractivity contribution < 1.29 is 9.13 Å². The molecule has 2 aliphatic rings. The molecule has 1 heterocycles. The van der Waals surface area contributed by atoms with Gasteiger partial charge >= 0.3 is 0 Å². The maximum Gasteiger partial charge on any atom is 0.191 e. The number of ether oxygens (including phenoxy) is 1. The molecule has 1 aliphatic carbocycles. The van der Waals surface area contributed by atoms with Crippen LogP contribution in [0.15, 0.2) is 29.3 Å². The van der Waals surface area contributed by atoms with E-state index in [9.17, 15) is 4.39 Å². The Morgan fingerprint density at radius 3 is 2.70 bits per heavy atom. The van der Waals surface area contributed by atoms with Crippen molar-refractivity contribution in [3.63, 3.8) is 0 Å². The Balaban J connectivity index is 1.60. The first-order valence-corrected chi connectivity index (χ1v) is 10.2. The van der Waals surface area contributed by atoms with Gasteiger partial charge in [-0.05, 0) is 30.9 Å². The number of aliphatic imine (C=N–C) groups is 1. The summed E-state index contributed by atoms with van der Waals surface area (Å²) in [6.07, 6.45) is 0.947. The molecule has 6 heteroatoms. The molecule has 3 atom stereocenters. The molecule has 1 saturated carbocycles. The maximum atomic E-state index is 14.0. The molecule has 1 aromatic rings. The largest absolute Gasteiger partial charge is 0.379 e. The van der Waals surface area contributed by atoms with Crippen molar-refractivity contribution in [2.75, 3.05) is 39.4 Å². The van der Waals surface area contributed by atoms with E-state index in [1.165, 1.54) is 0 Å². The van der Waals surface area contributed by atoms with Crippen LogP contribution in [0.3, 0.4) is 0 Å². The Morgan fingerprint density at radius 2 is 2.04 bits per heavy atom. The number of benzene rings is 1. The summed E-state index contributed by atoms with van der Waals surface area (Å²) in [5.41, 5.74) is 0.805. The second-order valence-corrected chi connectivity index (χ2v) is 7.79. The van der Waals surface area contributed by atoms with Crippen molar-refractivity contribution >= 4 is 5.96 Å². The SMILES string of the molecule is CCNC(=NCC(C(C)C)N1CCOCC1)NC1CC1c1ccccc1F. The van der Waals surface area contributed by atoms with E-state index >= 15 is 0 Å². The van der Waals surface area contributed by atoms with Gasteiger partial charge < -0.3 is 15.4 Å². The van der Waals surface area contributed by atoms with Crippen LogP contribution in [0.5, 0.6) is 0 Å². The van der Waals surface area contributed by atoms with E-state index in [0.717, 1.165) is 57.3 Å². The van der Waals surface area contributed by atoms with E-state index in [0.29, 0.717) is 12.0 Å². The van der Waals surface area contributed by atoms with Gasteiger partial charge in [-0.3, -0.25) is 9.89 Å². The Morgan fingerprint density at radius 1 is 1.30 bits per heavy atom. The van der Waals surface area contributed by atoms with Gasteiger partial charge in [0.1, 0.15) is 5.82 Å². The zero-order valence-electron chi connectivity index (χ0n) is 16.7. The van der Waals surface area contributed by atoms with Crippen LogP contribution in [-0.2, 0) is 4.74 Å². The predicted molar refractivity (Wildman–Crippen MR) is 108 cm³/mol. The zero-order chi connectivity index (χ0) is 19.2. The van der Waals surface area contributed by atoms with Crippen molar-refractivity contribution in [1.82, 2.24) is 15.5 Å². The molecule has 1 aromatic carbocycles. The lowest BCUT2D eigenvalue weighted by Gasteiger charge is -2.36. The minimum absolute atomic E-state index is 0.110. The lowest BCUT2D eigenvalue weighted by atomic mass is 10.0. The van der Waals surface area contributed by atoms with Crippen molar-refractivity contribution in [2.45, 2.75) is 45.2 Å². The fraction of sp³-hybridized carbons (Fsp3) is 0.667. The Kier molecular flexibility index (Phi) is 7.07. The van der Waals surface area contributed by atoms with Crippen LogP contribution < -0.4 is 10.6 Å². The normalized spacial score (nSPS) is 24.7. The van der Waals surface area contributed by atoms with E-state index < -0.39 is 0 Å². The van der Waals surface area contributed by atoms with E-state index in [-0.39, 0.29) is 17.8 Å². The minimum Gasteiger partial charge on any atom is -0.379 e. The summed E-state index contributed by atoms with van der Waals surface area (Å²) in [5, 5.41) is 6.83. The fourth-order valence-electron chi connectivity index (χ4n) is 3.81. The van der Waals surface area contributed by atoms with Crippen LogP contribution in [0.25, 0.3) is 0 Å². The van der Waals surface area contributed by atoms with Crippen molar-refractivity contribution in [3.8, 4) is 0 Å². The van der Waals surface area contributed by atoms with Crippen LogP contribution >= 0.6 is 0 Å². The van der Waals surface area contributed by atoms with Gasteiger partial charge in [-0.15, -0.1) is 0 Å². The average Bonchev–Trinajstić information content (AvgIpc) is 3.42. The molecule has 0 radical (unpaired) electrons.